The predicted molar refractivity (Wildman–Crippen MR) is 124 cm³/mol. The molecule has 3 aliphatic heterocycles. The molecule has 10 heteroatoms. The molecule has 2 N–H and O–H groups in total. The molecule has 8 nitrogen and oxygen atoms in total. The number of hydrogen-bond donors (Lipinski definition) is 2. The number of hydrogen-bond acceptors (Lipinski definition) is 7. The van der Waals surface area contributed by atoms with Crippen LogP contribution in [0.4, 0.5) is 10.2 Å². The number of aromatic nitrogens is 1. The summed E-state index contributed by atoms with van der Waals surface area (Å²) >= 11 is 6.72. The number of ether oxygens (including phenoxy) is 1. The summed E-state index contributed by atoms with van der Waals surface area (Å²) in [4.78, 5) is 24.6. The Morgan fingerprint density at radius 2 is 2.09 bits per heavy atom. The van der Waals surface area contributed by atoms with Crippen LogP contribution in [0.2, 0.25) is 5.02 Å². The molecule has 33 heavy (non-hydrogen) atoms. The minimum absolute atomic E-state index is 0.0254. The summed E-state index contributed by atoms with van der Waals surface area (Å²) in [5.74, 6) is -0.497. The smallest absolute Gasteiger partial charge is 0.261 e. The van der Waals surface area contributed by atoms with Crippen LogP contribution in [0.5, 0.6) is 11.5 Å². The summed E-state index contributed by atoms with van der Waals surface area (Å²) in [5.41, 5.74) is 0.271. The first-order valence-corrected chi connectivity index (χ1v) is 11.6. The number of carbonyl (C=O) groups is 1. The molecule has 5 rings (SSSR count). The van der Waals surface area contributed by atoms with Crippen LogP contribution < -0.4 is 15.0 Å². The minimum Gasteiger partial charge on any atom is -0.507 e. The van der Waals surface area contributed by atoms with Crippen molar-refractivity contribution in [3.63, 3.8) is 0 Å². The van der Waals surface area contributed by atoms with Gasteiger partial charge in [-0.2, -0.15) is 0 Å². The van der Waals surface area contributed by atoms with Gasteiger partial charge in [-0.25, -0.2) is 9.37 Å². The average Bonchev–Trinajstić information content (AvgIpc) is 2.94. The zero-order valence-electron chi connectivity index (χ0n) is 18.6. The first-order valence-electron chi connectivity index (χ1n) is 11.2. The molecule has 1 aromatic heterocycles. The second-order valence-corrected chi connectivity index (χ2v) is 9.26. The number of amides is 1. The Balaban J connectivity index is 1.72. The number of rotatable bonds is 2. The molecular weight excluding hydrogens is 449 g/mol. The van der Waals surface area contributed by atoms with Gasteiger partial charge in [0.1, 0.15) is 40.3 Å². The fourth-order valence-electron chi connectivity index (χ4n) is 4.74. The Kier molecular flexibility index (Phi) is 5.80. The highest BCUT2D eigenvalue weighted by Gasteiger charge is 2.39. The summed E-state index contributed by atoms with van der Waals surface area (Å²) in [6.45, 7) is 6.30. The zero-order valence-corrected chi connectivity index (χ0v) is 19.4. The quantitative estimate of drug-likeness (QED) is 0.689. The fraction of sp³-hybridized carbons (Fsp3) is 0.478. The number of pyridine rings is 1. The normalized spacial score (nSPS) is 23.6. The summed E-state index contributed by atoms with van der Waals surface area (Å²) < 4.78 is 21.0. The van der Waals surface area contributed by atoms with Crippen molar-refractivity contribution < 1.29 is 19.0 Å². The second kappa shape index (κ2) is 8.62. The summed E-state index contributed by atoms with van der Waals surface area (Å²) in [6, 6.07) is 4.14. The number of aromatic hydroxyl groups is 1. The van der Waals surface area contributed by atoms with Gasteiger partial charge >= 0.3 is 0 Å². The summed E-state index contributed by atoms with van der Waals surface area (Å²) in [6.07, 6.45) is 0. The number of benzene rings is 1. The molecule has 1 amide bonds. The lowest BCUT2D eigenvalue weighted by atomic mass is 10.0. The highest BCUT2D eigenvalue weighted by Crippen LogP contribution is 2.46. The largest absolute Gasteiger partial charge is 0.507 e. The SMILES string of the molecule is C[C@@H]1CN(c2nc(-c3c(O)cccc3F)c(Cl)c3c2C(=O)N2CCNC[C@@H]2CO3)CCN1C. The first kappa shape index (κ1) is 22.2. The maximum atomic E-state index is 14.8. The van der Waals surface area contributed by atoms with E-state index in [1.165, 1.54) is 18.2 Å². The summed E-state index contributed by atoms with van der Waals surface area (Å²) in [7, 11) is 2.06. The van der Waals surface area contributed by atoms with E-state index < -0.39 is 5.82 Å². The number of fused-ring (bicyclic) bond motifs is 2. The molecule has 2 atom stereocenters. The summed E-state index contributed by atoms with van der Waals surface area (Å²) in [5, 5.41) is 13.8. The van der Waals surface area contributed by atoms with Crippen molar-refractivity contribution in [3.8, 4) is 22.8 Å². The van der Waals surface area contributed by atoms with Crippen LogP contribution in [-0.2, 0) is 0 Å². The van der Waals surface area contributed by atoms with Crippen molar-refractivity contribution in [1.82, 2.24) is 20.1 Å². The number of piperazine rings is 2. The molecule has 0 aliphatic carbocycles. The monoisotopic (exact) mass is 475 g/mol. The first-order chi connectivity index (χ1) is 15.9. The van der Waals surface area contributed by atoms with E-state index in [1.807, 2.05) is 9.80 Å². The van der Waals surface area contributed by atoms with Gasteiger partial charge in [-0.05, 0) is 26.1 Å². The van der Waals surface area contributed by atoms with Crippen LogP contribution >= 0.6 is 11.6 Å². The van der Waals surface area contributed by atoms with Gasteiger partial charge < -0.3 is 29.9 Å². The van der Waals surface area contributed by atoms with Crippen molar-refractivity contribution in [2.45, 2.75) is 19.0 Å². The molecule has 0 bridgehead atoms. The van der Waals surface area contributed by atoms with Gasteiger partial charge in [0.15, 0.2) is 5.75 Å². The van der Waals surface area contributed by atoms with E-state index in [2.05, 4.69) is 24.2 Å². The Morgan fingerprint density at radius 1 is 1.27 bits per heavy atom. The van der Waals surface area contributed by atoms with E-state index in [0.29, 0.717) is 44.1 Å². The molecule has 2 aromatic rings. The molecular formula is C23H27ClFN5O3. The molecule has 3 aliphatic rings. The third-order valence-electron chi connectivity index (χ3n) is 6.81. The number of nitrogens with zero attached hydrogens (tertiary/aromatic N) is 4. The Morgan fingerprint density at radius 3 is 2.85 bits per heavy atom. The molecule has 2 saturated heterocycles. The molecule has 0 saturated carbocycles. The maximum absolute atomic E-state index is 14.8. The highest BCUT2D eigenvalue weighted by atomic mass is 35.5. The van der Waals surface area contributed by atoms with E-state index in [4.69, 9.17) is 21.3 Å². The van der Waals surface area contributed by atoms with Crippen molar-refractivity contribution in [3.05, 3.63) is 34.6 Å². The van der Waals surface area contributed by atoms with Crippen LogP contribution in [0.3, 0.4) is 0 Å². The van der Waals surface area contributed by atoms with Crippen LogP contribution in [0.15, 0.2) is 18.2 Å². The van der Waals surface area contributed by atoms with Gasteiger partial charge in [0.05, 0.1) is 11.6 Å². The van der Waals surface area contributed by atoms with Gasteiger partial charge in [-0.3, -0.25) is 4.79 Å². The minimum atomic E-state index is -0.649. The lowest BCUT2D eigenvalue weighted by Gasteiger charge is -2.39. The van der Waals surface area contributed by atoms with Gasteiger partial charge in [0.25, 0.3) is 5.91 Å². The molecule has 0 radical (unpaired) electrons. The van der Waals surface area contributed by atoms with E-state index in [-0.39, 0.29) is 52.4 Å². The van der Waals surface area contributed by atoms with Crippen molar-refractivity contribution in [1.29, 1.82) is 0 Å². The molecule has 2 fully saturated rings. The van der Waals surface area contributed by atoms with E-state index in [9.17, 15) is 14.3 Å². The third-order valence-corrected chi connectivity index (χ3v) is 7.16. The van der Waals surface area contributed by atoms with Crippen molar-refractivity contribution in [2.24, 2.45) is 0 Å². The lowest BCUT2D eigenvalue weighted by molar-refractivity contribution is 0.0606. The van der Waals surface area contributed by atoms with Gasteiger partial charge in [0, 0.05) is 45.3 Å². The number of carbonyl (C=O) groups excluding carboxylic acids is 1. The number of anilines is 1. The van der Waals surface area contributed by atoms with E-state index in [0.717, 1.165) is 6.54 Å². The number of likely N-dealkylation sites (N-methyl/N-ethyl adjacent to an activating group) is 1. The Bertz CT molecular complexity index is 1080. The van der Waals surface area contributed by atoms with Gasteiger partial charge in [-0.15, -0.1) is 0 Å². The van der Waals surface area contributed by atoms with Crippen molar-refractivity contribution >= 4 is 23.3 Å². The molecule has 176 valence electrons. The van der Waals surface area contributed by atoms with Crippen LogP contribution in [-0.4, -0.2) is 90.8 Å². The fourth-order valence-corrected chi connectivity index (χ4v) is 5.03. The Labute approximate surface area is 196 Å². The van der Waals surface area contributed by atoms with Gasteiger partial charge in [0.2, 0.25) is 0 Å². The van der Waals surface area contributed by atoms with Gasteiger partial charge in [-0.1, -0.05) is 17.7 Å². The van der Waals surface area contributed by atoms with Crippen LogP contribution in [0, 0.1) is 5.82 Å². The van der Waals surface area contributed by atoms with Crippen molar-refractivity contribution in [2.75, 3.05) is 57.8 Å². The highest BCUT2D eigenvalue weighted by molar-refractivity contribution is 6.35. The Hall–Kier alpha value is -2.62. The van der Waals surface area contributed by atoms with E-state index >= 15 is 0 Å². The molecule has 0 spiro atoms. The number of halogens is 2. The second-order valence-electron chi connectivity index (χ2n) is 8.88. The van der Waals surface area contributed by atoms with Crippen LogP contribution in [0.1, 0.15) is 17.3 Å². The predicted octanol–water partition coefficient (Wildman–Crippen LogP) is 2.19. The molecule has 0 unspecified atom stereocenters. The average molecular weight is 476 g/mol. The molecule has 4 heterocycles. The van der Waals surface area contributed by atoms with E-state index in [1.54, 1.807) is 0 Å². The number of phenols is 1. The topological polar surface area (TPSA) is 81.2 Å². The standard InChI is InChI=1S/C23H27ClFN5O3/c1-13-11-29(9-8-28(13)2)22-18-21(33-12-14-10-26-6-7-30(14)23(18)32)19(24)20(27-22)17-15(25)4-3-5-16(17)31/h3-5,13-14,26,31H,6-12H2,1-2H3/t13-,14-/m1/s1. The zero-order chi connectivity index (χ0) is 23.3. The number of nitrogens with one attached hydrogen (secondary N) is 1. The lowest BCUT2D eigenvalue weighted by Crippen LogP contribution is -2.55. The third kappa shape index (κ3) is 3.78. The van der Waals surface area contributed by atoms with Crippen LogP contribution in [0.25, 0.3) is 11.3 Å². The molecule has 1 aromatic carbocycles. The number of phenolic OH excluding ortho intramolecular Hbond substituents is 1. The maximum Gasteiger partial charge on any atom is 0.261 e.